The first-order valence-corrected chi connectivity index (χ1v) is 8.24. The summed E-state index contributed by atoms with van der Waals surface area (Å²) in [4.78, 5) is 17.2. The summed E-state index contributed by atoms with van der Waals surface area (Å²) in [5, 5.41) is 3.68. The zero-order chi connectivity index (χ0) is 15.6. The lowest BCUT2D eigenvalue weighted by Gasteiger charge is -2.51. The molecule has 4 heteroatoms. The van der Waals surface area contributed by atoms with Crippen molar-refractivity contribution in [2.45, 2.75) is 24.5 Å². The Morgan fingerprint density at radius 1 is 1.09 bits per heavy atom. The SMILES string of the molecule is CN1c2ccccc2C(=O)N2CC[C@H]3c4ccccc4N[C@H]3C21. The number of para-hydroxylation sites is 2. The van der Waals surface area contributed by atoms with Crippen LogP contribution in [0.3, 0.4) is 0 Å². The van der Waals surface area contributed by atoms with Crippen LogP contribution in [-0.2, 0) is 0 Å². The van der Waals surface area contributed by atoms with E-state index in [1.165, 1.54) is 11.3 Å². The molecule has 1 unspecified atom stereocenters. The van der Waals surface area contributed by atoms with Crippen LogP contribution in [0.5, 0.6) is 0 Å². The highest BCUT2D eigenvalue weighted by Crippen LogP contribution is 2.46. The maximum Gasteiger partial charge on any atom is 0.257 e. The molecule has 3 heterocycles. The highest BCUT2D eigenvalue weighted by Gasteiger charge is 2.49. The van der Waals surface area contributed by atoms with Crippen LogP contribution in [0, 0.1) is 0 Å². The molecule has 4 nitrogen and oxygen atoms in total. The first-order chi connectivity index (χ1) is 11.3. The molecular formula is C19H19N3O. The Bertz CT molecular complexity index is 803. The Morgan fingerprint density at radius 3 is 2.78 bits per heavy atom. The van der Waals surface area contributed by atoms with Gasteiger partial charge in [0.05, 0.1) is 17.3 Å². The van der Waals surface area contributed by atoms with E-state index < -0.39 is 0 Å². The number of nitrogens with zero attached hydrogens (tertiary/aromatic N) is 2. The van der Waals surface area contributed by atoms with Crippen molar-refractivity contribution in [3.8, 4) is 0 Å². The summed E-state index contributed by atoms with van der Waals surface area (Å²) < 4.78 is 0. The highest BCUT2D eigenvalue weighted by molar-refractivity contribution is 6.02. The van der Waals surface area contributed by atoms with Gasteiger partial charge >= 0.3 is 0 Å². The highest BCUT2D eigenvalue weighted by atomic mass is 16.2. The molecule has 2 aromatic rings. The minimum absolute atomic E-state index is 0.0727. The normalized spacial score (nSPS) is 27.7. The van der Waals surface area contributed by atoms with Gasteiger partial charge in [-0.05, 0) is 30.2 Å². The Morgan fingerprint density at radius 2 is 1.87 bits per heavy atom. The molecule has 0 aliphatic carbocycles. The van der Waals surface area contributed by atoms with Gasteiger partial charge in [0, 0.05) is 25.2 Å². The third-order valence-electron chi connectivity index (χ3n) is 5.61. The lowest BCUT2D eigenvalue weighted by atomic mass is 9.84. The average Bonchev–Trinajstić information content (AvgIpc) is 2.98. The molecule has 3 atom stereocenters. The molecular weight excluding hydrogens is 286 g/mol. The number of fused-ring (bicyclic) bond motifs is 6. The van der Waals surface area contributed by atoms with Crippen LogP contribution in [0.15, 0.2) is 48.5 Å². The molecule has 5 rings (SSSR count). The molecule has 2 aromatic carbocycles. The molecule has 0 aromatic heterocycles. The molecule has 1 fully saturated rings. The summed E-state index contributed by atoms with van der Waals surface area (Å²) in [5.74, 6) is 0.646. The molecule has 0 saturated carbocycles. The van der Waals surface area contributed by atoms with E-state index in [2.05, 4.69) is 47.6 Å². The van der Waals surface area contributed by atoms with Crippen molar-refractivity contribution in [1.29, 1.82) is 0 Å². The summed E-state index contributed by atoms with van der Waals surface area (Å²) in [7, 11) is 2.11. The maximum absolute atomic E-state index is 12.9. The van der Waals surface area contributed by atoms with Gasteiger partial charge in [0.15, 0.2) is 0 Å². The minimum atomic E-state index is 0.0727. The van der Waals surface area contributed by atoms with Crippen LogP contribution in [-0.4, -0.2) is 36.6 Å². The fourth-order valence-electron chi connectivity index (χ4n) is 4.58. The van der Waals surface area contributed by atoms with Crippen molar-refractivity contribution in [2.24, 2.45) is 0 Å². The predicted octanol–water partition coefficient (Wildman–Crippen LogP) is 2.89. The molecule has 0 radical (unpaired) electrons. The number of carbonyl (C=O) groups excluding carboxylic acids is 1. The van der Waals surface area contributed by atoms with Crippen LogP contribution < -0.4 is 10.2 Å². The van der Waals surface area contributed by atoms with Gasteiger partial charge in [-0.15, -0.1) is 0 Å². The Labute approximate surface area is 135 Å². The van der Waals surface area contributed by atoms with Crippen molar-refractivity contribution >= 4 is 17.3 Å². The van der Waals surface area contributed by atoms with E-state index in [4.69, 9.17) is 0 Å². The van der Waals surface area contributed by atoms with Gasteiger partial charge in [0.25, 0.3) is 5.91 Å². The molecule has 23 heavy (non-hydrogen) atoms. The Kier molecular flexibility index (Phi) is 2.55. The minimum Gasteiger partial charge on any atom is -0.377 e. The summed E-state index contributed by atoms with van der Waals surface area (Å²) in [6.07, 6.45) is 1.09. The van der Waals surface area contributed by atoms with Crippen molar-refractivity contribution in [3.05, 3.63) is 59.7 Å². The fourth-order valence-corrected chi connectivity index (χ4v) is 4.58. The number of hydrogen-bond donors (Lipinski definition) is 1. The molecule has 1 amide bonds. The van der Waals surface area contributed by atoms with E-state index in [1.54, 1.807) is 0 Å². The van der Waals surface area contributed by atoms with Gasteiger partial charge < -0.3 is 15.1 Å². The van der Waals surface area contributed by atoms with Gasteiger partial charge in [-0.2, -0.15) is 0 Å². The van der Waals surface area contributed by atoms with Crippen LogP contribution in [0.25, 0.3) is 0 Å². The zero-order valence-corrected chi connectivity index (χ0v) is 13.1. The van der Waals surface area contributed by atoms with E-state index in [1.807, 2.05) is 23.1 Å². The van der Waals surface area contributed by atoms with Crippen molar-refractivity contribution in [2.75, 3.05) is 23.8 Å². The zero-order valence-electron chi connectivity index (χ0n) is 13.1. The Balaban J connectivity index is 1.60. The van der Waals surface area contributed by atoms with Gasteiger partial charge in [0.1, 0.15) is 6.17 Å². The summed E-state index contributed by atoms with van der Waals surface area (Å²) in [6, 6.07) is 16.8. The number of rotatable bonds is 0. The van der Waals surface area contributed by atoms with Crippen molar-refractivity contribution < 1.29 is 4.79 Å². The number of hydrogen-bond acceptors (Lipinski definition) is 3. The first kappa shape index (κ1) is 13.0. The number of amides is 1. The number of anilines is 2. The van der Waals surface area contributed by atoms with Gasteiger partial charge in [-0.25, -0.2) is 0 Å². The van der Waals surface area contributed by atoms with E-state index in [0.717, 1.165) is 24.2 Å². The number of benzene rings is 2. The van der Waals surface area contributed by atoms with Crippen LogP contribution >= 0.6 is 0 Å². The standard InChI is InChI=1S/C19H19N3O/c1-21-16-9-5-3-7-14(16)19(23)22-11-10-13-12-6-2-4-8-15(12)20-17(13)18(21)22/h2-9,13,17-18,20H,10-11H2,1H3/t13-,17+,18?/m0/s1. The van der Waals surface area contributed by atoms with E-state index in [-0.39, 0.29) is 18.1 Å². The lowest BCUT2D eigenvalue weighted by molar-refractivity contribution is 0.0548. The third kappa shape index (κ3) is 1.63. The van der Waals surface area contributed by atoms with Gasteiger partial charge in [-0.3, -0.25) is 4.79 Å². The van der Waals surface area contributed by atoms with Crippen molar-refractivity contribution in [1.82, 2.24) is 4.90 Å². The molecule has 1 N–H and O–H groups in total. The third-order valence-corrected chi connectivity index (χ3v) is 5.61. The molecule has 0 bridgehead atoms. The van der Waals surface area contributed by atoms with Crippen LogP contribution in [0.2, 0.25) is 0 Å². The maximum atomic E-state index is 12.9. The fraction of sp³-hybridized carbons (Fsp3) is 0.316. The monoisotopic (exact) mass is 305 g/mol. The van der Waals surface area contributed by atoms with Gasteiger partial charge in [-0.1, -0.05) is 30.3 Å². The topological polar surface area (TPSA) is 35.6 Å². The first-order valence-electron chi connectivity index (χ1n) is 8.24. The number of piperidine rings is 1. The quantitative estimate of drug-likeness (QED) is 0.813. The molecule has 0 spiro atoms. The molecule has 3 aliphatic heterocycles. The van der Waals surface area contributed by atoms with Crippen LogP contribution in [0.4, 0.5) is 11.4 Å². The number of likely N-dealkylation sites (N-methyl/N-ethyl adjacent to an activating group) is 1. The van der Waals surface area contributed by atoms with E-state index >= 15 is 0 Å². The number of carbonyl (C=O) groups is 1. The smallest absolute Gasteiger partial charge is 0.257 e. The summed E-state index contributed by atoms with van der Waals surface area (Å²) >= 11 is 0. The summed E-state index contributed by atoms with van der Waals surface area (Å²) in [6.45, 7) is 0.819. The molecule has 116 valence electrons. The molecule has 3 aliphatic rings. The largest absolute Gasteiger partial charge is 0.377 e. The second-order valence-electron chi connectivity index (χ2n) is 6.69. The van der Waals surface area contributed by atoms with Crippen molar-refractivity contribution in [3.63, 3.8) is 0 Å². The lowest BCUT2D eigenvalue weighted by Crippen LogP contribution is -2.64. The van der Waals surface area contributed by atoms with Crippen LogP contribution in [0.1, 0.15) is 28.3 Å². The second-order valence-corrected chi connectivity index (χ2v) is 6.69. The predicted molar refractivity (Wildman–Crippen MR) is 90.9 cm³/mol. The van der Waals surface area contributed by atoms with E-state index in [9.17, 15) is 4.79 Å². The van der Waals surface area contributed by atoms with Gasteiger partial charge in [0.2, 0.25) is 0 Å². The second kappa shape index (κ2) is 4.51. The Hall–Kier alpha value is -2.49. The number of nitrogens with one attached hydrogen (secondary N) is 1. The van der Waals surface area contributed by atoms with E-state index in [0.29, 0.717) is 5.92 Å². The molecule has 1 saturated heterocycles. The summed E-state index contributed by atoms with van der Waals surface area (Å²) in [5.41, 5.74) is 4.48. The average molecular weight is 305 g/mol.